The third-order valence-corrected chi connectivity index (χ3v) is 8.45. The third kappa shape index (κ3) is 6.21. The molecule has 0 aromatic carbocycles. The molecule has 0 aliphatic carbocycles. The number of aromatic amines is 1. The van der Waals surface area contributed by atoms with Gasteiger partial charge >= 0.3 is 23.5 Å². The number of fused-ring (bicyclic) bond motifs is 1. The number of H-pyrrole nitrogens is 1. The largest absolute Gasteiger partial charge is 0.490 e. The first-order chi connectivity index (χ1) is 15.3. The van der Waals surface area contributed by atoms with Crippen LogP contribution in [-0.2, 0) is 36.1 Å². The van der Waals surface area contributed by atoms with E-state index in [-0.39, 0.29) is 11.2 Å². The van der Waals surface area contributed by atoms with E-state index in [0.29, 0.717) is 0 Å². The number of aromatic nitrogens is 4. The average Bonchev–Trinajstić information content (AvgIpc) is 3.21. The number of nitrogens with zero attached hydrogens (tertiary/aromatic N) is 3. The van der Waals surface area contributed by atoms with E-state index in [0.717, 1.165) is 17.2 Å². The van der Waals surface area contributed by atoms with Gasteiger partial charge in [-0.05, 0) is 6.92 Å². The monoisotopic (exact) mass is 536 g/mol. The molecule has 3 heterocycles. The first-order valence-electron chi connectivity index (χ1n) is 8.87. The summed E-state index contributed by atoms with van der Waals surface area (Å²) in [5.41, 5.74) is -0.644. The van der Waals surface area contributed by atoms with Crippen molar-refractivity contribution in [3.8, 4) is 0 Å². The minimum Gasteiger partial charge on any atom is -0.387 e. The molecule has 21 heteroatoms. The van der Waals surface area contributed by atoms with Crippen LogP contribution < -0.4 is 5.56 Å². The van der Waals surface area contributed by atoms with E-state index in [1.54, 1.807) is 0 Å². The van der Waals surface area contributed by atoms with Gasteiger partial charge in [0.15, 0.2) is 17.4 Å². The van der Waals surface area contributed by atoms with E-state index >= 15 is 0 Å². The van der Waals surface area contributed by atoms with E-state index in [1.807, 2.05) is 0 Å². The lowest BCUT2D eigenvalue weighted by Crippen LogP contribution is -2.33. The number of rotatable bonds is 10. The Morgan fingerprint density at radius 1 is 1.06 bits per heavy atom. The maximum absolute atomic E-state index is 12.0. The summed E-state index contributed by atoms with van der Waals surface area (Å²) in [5.74, 6) is 0. The van der Waals surface area contributed by atoms with Crippen LogP contribution in [0.1, 0.15) is 13.2 Å². The summed E-state index contributed by atoms with van der Waals surface area (Å²) >= 11 is 0. The standard InChI is InChI=1S/C12H19N4O14P3/c1-2-26-31(20,21)29-33(24,25)30-32(22,23)27-3-6-8(17)9(18)12(28-6)16-5-15-7-10(16)13-4-14-11(7)19/h4-6,8-9,12,17-18H,2-3H2,1H3,(H,20,21)(H,22,23)(H,24,25)(H,13,14,19)/t6-,8-,9-,12-/m1/s1. The Bertz CT molecular complexity index is 1200. The fourth-order valence-electron chi connectivity index (χ4n) is 2.80. The highest BCUT2D eigenvalue weighted by molar-refractivity contribution is 7.66. The van der Waals surface area contributed by atoms with E-state index in [9.17, 15) is 43.4 Å². The molecule has 0 amide bonds. The maximum Gasteiger partial charge on any atom is 0.490 e. The Morgan fingerprint density at radius 3 is 2.33 bits per heavy atom. The molecule has 33 heavy (non-hydrogen) atoms. The van der Waals surface area contributed by atoms with Crippen molar-refractivity contribution in [1.29, 1.82) is 0 Å². The van der Waals surface area contributed by atoms with Gasteiger partial charge in [-0.25, -0.2) is 23.7 Å². The highest BCUT2D eigenvalue weighted by atomic mass is 31.3. The van der Waals surface area contributed by atoms with E-state index < -0.39 is 66.8 Å². The zero-order chi connectivity index (χ0) is 24.6. The molecule has 1 aliphatic rings. The van der Waals surface area contributed by atoms with E-state index in [2.05, 4.69) is 32.6 Å². The van der Waals surface area contributed by atoms with Crippen LogP contribution in [0.25, 0.3) is 11.2 Å². The molecule has 1 aliphatic heterocycles. The molecule has 18 nitrogen and oxygen atoms in total. The normalized spacial score (nSPS) is 28.9. The fourth-order valence-corrected chi connectivity index (χ4v) is 6.31. The van der Waals surface area contributed by atoms with Crippen LogP contribution in [0, 0.1) is 0 Å². The second-order valence-electron chi connectivity index (χ2n) is 6.38. The highest BCUT2D eigenvalue weighted by Crippen LogP contribution is 2.67. The number of phosphoric ester groups is 2. The summed E-state index contributed by atoms with van der Waals surface area (Å²) in [6, 6.07) is 0. The van der Waals surface area contributed by atoms with Crippen LogP contribution in [0.5, 0.6) is 0 Å². The Balaban J connectivity index is 1.67. The average molecular weight is 536 g/mol. The quantitative estimate of drug-likeness (QED) is 0.201. The second kappa shape index (κ2) is 9.71. The topological polar surface area (TPSA) is 262 Å². The van der Waals surface area contributed by atoms with Gasteiger partial charge in [-0.1, -0.05) is 0 Å². The van der Waals surface area contributed by atoms with Gasteiger partial charge in [0.2, 0.25) is 0 Å². The summed E-state index contributed by atoms with van der Waals surface area (Å²) in [5, 5.41) is 20.5. The summed E-state index contributed by atoms with van der Waals surface area (Å²) in [6.07, 6.45) is -3.95. The number of hydrogen-bond donors (Lipinski definition) is 6. The molecule has 0 bridgehead atoms. The smallest absolute Gasteiger partial charge is 0.387 e. The summed E-state index contributed by atoms with van der Waals surface area (Å²) in [4.78, 5) is 50.0. The zero-order valence-electron chi connectivity index (χ0n) is 16.5. The lowest BCUT2D eigenvalue weighted by Gasteiger charge is -2.20. The van der Waals surface area contributed by atoms with Gasteiger partial charge in [0.1, 0.15) is 18.3 Å². The minimum atomic E-state index is -5.62. The molecule has 6 N–H and O–H groups in total. The number of nitrogens with one attached hydrogen (secondary N) is 1. The van der Waals surface area contributed by atoms with Crippen molar-refractivity contribution in [3.63, 3.8) is 0 Å². The van der Waals surface area contributed by atoms with E-state index in [4.69, 9.17) is 4.74 Å². The first kappa shape index (κ1) is 26.2. The van der Waals surface area contributed by atoms with Crippen LogP contribution in [0.15, 0.2) is 17.4 Å². The molecule has 2 aromatic heterocycles. The van der Waals surface area contributed by atoms with Crippen molar-refractivity contribution in [2.45, 2.75) is 31.5 Å². The molecule has 0 saturated carbocycles. The number of aliphatic hydroxyl groups is 2. The molecule has 0 radical (unpaired) electrons. The molecule has 1 fully saturated rings. The molecule has 2 aromatic rings. The number of aliphatic hydroxyl groups excluding tert-OH is 2. The molecule has 3 unspecified atom stereocenters. The lowest BCUT2D eigenvalue weighted by atomic mass is 10.1. The zero-order valence-corrected chi connectivity index (χ0v) is 19.2. The van der Waals surface area contributed by atoms with Crippen LogP contribution in [0.3, 0.4) is 0 Å². The number of hydrogen-bond acceptors (Lipinski definition) is 13. The number of imidazole rings is 1. The van der Waals surface area contributed by atoms with Crippen LogP contribution in [0.2, 0.25) is 0 Å². The molecule has 186 valence electrons. The van der Waals surface area contributed by atoms with Crippen molar-refractivity contribution >= 4 is 34.6 Å². The molecular weight excluding hydrogens is 517 g/mol. The van der Waals surface area contributed by atoms with Crippen LogP contribution in [-0.4, -0.2) is 75.9 Å². The van der Waals surface area contributed by atoms with Crippen molar-refractivity contribution in [2.75, 3.05) is 13.2 Å². The molecular formula is C12H19N4O14P3. The van der Waals surface area contributed by atoms with Crippen molar-refractivity contribution < 1.29 is 61.0 Å². The Kier molecular flexibility index (Phi) is 7.73. The van der Waals surface area contributed by atoms with Crippen molar-refractivity contribution in [2.24, 2.45) is 0 Å². The second-order valence-corrected chi connectivity index (χ2v) is 11.0. The van der Waals surface area contributed by atoms with Gasteiger partial charge < -0.3 is 34.6 Å². The minimum absolute atomic E-state index is 0.00818. The number of ether oxygens (including phenoxy) is 1. The third-order valence-electron chi connectivity index (χ3n) is 4.08. The van der Waals surface area contributed by atoms with Gasteiger partial charge in [0.05, 0.1) is 25.9 Å². The Labute approximate surface area is 183 Å². The van der Waals surface area contributed by atoms with Gasteiger partial charge in [-0.3, -0.25) is 18.4 Å². The van der Waals surface area contributed by atoms with Crippen molar-refractivity contribution in [1.82, 2.24) is 19.5 Å². The fraction of sp³-hybridized carbons (Fsp3) is 0.583. The SMILES string of the molecule is CCOP(=O)(O)OP(=O)(O)OP(=O)(O)OC[C@H]1O[C@@H](n2cnc3c(=O)[nH]cnc32)[C@H](O)[C@@H]1O. The van der Waals surface area contributed by atoms with Crippen LogP contribution in [0.4, 0.5) is 0 Å². The predicted octanol–water partition coefficient (Wildman–Crippen LogP) is -0.874. The molecule has 7 atom stereocenters. The lowest BCUT2D eigenvalue weighted by molar-refractivity contribution is -0.0503. The molecule has 3 rings (SSSR count). The molecule has 1 saturated heterocycles. The summed E-state index contributed by atoms with van der Waals surface area (Å²) in [7, 11) is -16.1. The Morgan fingerprint density at radius 2 is 1.70 bits per heavy atom. The first-order valence-corrected chi connectivity index (χ1v) is 13.4. The van der Waals surface area contributed by atoms with Gasteiger partial charge in [-0.15, -0.1) is 0 Å². The summed E-state index contributed by atoms with van der Waals surface area (Å²) in [6.45, 7) is -0.0757. The summed E-state index contributed by atoms with van der Waals surface area (Å²) < 4.78 is 58.0. The van der Waals surface area contributed by atoms with Gasteiger partial charge in [0, 0.05) is 0 Å². The van der Waals surface area contributed by atoms with Crippen LogP contribution >= 0.6 is 23.5 Å². The number of phosphoric acid groups is 3. The molecule has 0 spiro atoms. The Hall–Kier alpha value is -1.36. The highest BCUT2D eigenvalue weighted by Gasteiger charge is 2.47. The van der Waals surface area contributed by atoms with Crippen molar-refractivity contribution in [3.05, 3.63) is 23.0 Å². The maximum atomic E-state index is 12.0. The predicted molar refractivity (Wildman–Crippen MR) is 103 cm³/mol. The van der Waals surface area contributed by atoms with E-state index in [1.165, 1.54) is 6.92 Å². The van der Waals surface area contributed by atoms with Gasteiger partial charge in [-0.2, -0.15) is 8.62 Å². The van der Waals surface area contributed by atoms with Gasteiger partial charge in [0.25, 0.3) is 5.56 Å².